The third kappa shape index (κ3) is 3.52. The Morgan fingerprint density at radius 3 is 3.10 bits per heavy atom. The first-order chi connectivity index (χ1) is 9.72. The Kier molecular flexibility index (Phi) is 4.80. The highest BCUT2D eigenvalue weighted by molar-refractivity contribution is 5.95. The molecule has 1 aliphatic heterocycles. The van der Waals surface area contributed by atoms with E-state index in [4.69, 9.17) is 0 Å². The summed E-state index contributed by atoms with van der Waals surface area (Å²) in [6, 6.07) is 5.78. The van der Waals surface area contributed by atoms with E-state index in [-0.39, 0.29) is 18.3 Å². The molecule has 2 heterocycles. The van der Waals surface area contributed by atoms with Crippen LogP contribution in [0.5, 0.6) is 0 Å². The molecule has 7 heteroatoms. The second-order valence-corrected chi connectivity index (χ2v) is 4.89. The van der Waals surface area contributed by atoms with Crippen molar-refractivity contribution in [3.8, 4) is 0 Å². The van der Waals surface area contributed by atoms with Crippen LogP contribution in [-0.4, -0.2) is 33.8 Å². The molecular formula is C14H18ClN5O. The molecule has 21 heavy (non-hydrogen) atoms. The van der Waals surface area contributed by atoms with E-state index in [2.05, 4.69) is 20.7 Å². The standard InChI is InChI=1S/C14H17N5O.ClH/c1-19-9-17-13(18-19)5-7-16-14(20)11-2-3-12-10(8-11)4-6-15-12;/h2-3,8-9,15H,4-7H2,1H3,(H,16,20);1H. The van der Waals surface area contributed by atoms with Gasteiger partial charge in [-0.1, -0.05) is 0 Å². The van der Waals surface area contributed by atoms with Crippen LogP contribution in [0.3, 0.4) is 0 Å². The Hall–Kier alpha value is -2.08. The van der Waals surface area contributed by atoms with Gasteiger partial charge in [0.1, 0.15) is 6.33 Å². The van der Waals surface area contributed by atoms with Crippen molar-refractivity contribution in [2.45, 2.75) is 12.8 Å². The zero-order valence-corrected chi connectivity index (χ0v) is 12.6. The van der Waals surface area contributed by atoms with E-state index >= 15 is 0 Å². The van der Waals surface area contributed by atoms with Gasteiger partial charge in [0, 0.05) is 37.8 Å². The molecule has 0 atom stereocenters. The predicted octanol–water partition coefficient (Wildman–Crippen LogP) is 1.18. The second kappa shape index (κ2) is 6.58. The Morgan fingerprint density at radius 2 is 2.33 bits per heavy atom. The van der Waals surface area contributed by atoms with Gasteiger partial charge >= 0.3 is 0 Å². The number of anilines is 1. The van der Waals surface area contributed by atoms with Gasteiger partial charge in [0.15, 0.2) is 5.82 Å². The summed E-state index contributed by atoms with van der Waals surface area (Å²) in [6.07, 6.45) is 3.28. The molecule has 1 aromatic heterocycles. The summed E-state index contributed by atoms with van der Waals surface area (Å²) in [7, 11) is 1.83. The van der Waals surface area contributed by atoms with Crippen LogP contribution in [0, 0.1) is 0 Å². The normalized spacial score (nSPS) is 12.2. The minimum atomic E-state index is -0.0457. The summed E-state index contributed by atoms with van der Waals surface area (Å²) >= 11 is 0. The monoisotopic (exact) mass is 307 g/mol. The smallest absolute Gasteiger partial charge is 0.251 e. The fourth-order valence-electron chi connectivity index (χ4n) is 2.33. The van der Waals surface area contributed by atoms with Crippen molar-refractivity contribution in [2.24, 2.45) is 7.05 Å². The lowest BCUT2D eigenvalue weighted by Gasteiger charge is -2.06. The number of hydrogen-bond acceptors (Lipinski definition) is 4. The van der Waals surface area contributed by atoms with Gasteiger partial charge in [0.05, 0.1) is 0 Å². The van der Waals surface area contributed by atoms with Gasteiger partial charge in [-0.3, -0.25) is 9.48 Å². The molecule has 0 spiro atoms. The average molecular weight is 308 g/mol. The van der Waals surface area contributed by atoms with Crippen LogP contribution in [0.4, 0.5) is 5.69 Å². The van der Waals surface area contributed by atoms with Gasteiger partial charge in [-0.05, 0) is 30.2 Å². The Bertz CT molecular complexity index is 640. The number of carbonyl (C=O) groups excluding carboxylic acids is 1. The lowest BCUT2D eigenvalue weighted by molar-refractivity contribution is 0.0954. The molecule has 6 nitrogen and oxygen atoms in total. The number of rotatable bonds is 4. The van der Waals surface area contributed by atoms with Gasteiger partial charge in [-0.2, -0.15) is 5.10 Å². The topological polar surface area (TPSA) is 71.8 Å². The molecule has 112 valence electrons. The molecular weight excluding hydrogens is 290 g/mol. The third-order valence-electron chi connectivity index (χ3n) is 3.36. The van der Waals surface area contributed by atoms with Crippen molar-refractivity contribution >= 4 is 24.0 Å². The third-order valence-corrected chi connectivity index (χ3v) is 3.36. The second-order valence-electron chi connectivity index (χ2n) is 4.89. The summed E-state index contributed by atoms with van der Waals surface area (Å²) in [5, 5.41) is 10.4. The van der Waals surface area contributed by atoms with E-state index in [1.54, 1.807) is 11.0 Å². The highest BCUT2D eigenvalue weighted by atomic mass is 35.5. The summed E-state index contributed by atoms with van der Waals surface area (Å²) in [6.45, 7) is 1.49. The van der Waals surface area contributed by atoms with Crippen molar-refractivity contribution < 1.29 is 4.79 Å². The van der Waals surface area contributed by atoms with Gasteiger partial charge in [-0.15, -0.1) is 12.4 Å². The van der Waals surface area contributed by atoms with Crippen LogP contribution in [0.25, 0.3) is 0 Å². The predicted molar refractivity (Wildman–Crippen MR) is 82.9 cm³/mol. The number of nitrogens with zero attached hydrogens (tertiary/aromatic N) is 3. The number of nitrogens with one attached hydrogen (secondary N) is 2. The molecule has 0 radical (unpaired) electrons. The minimum Gasteiger partial charge on any atom is -0.384 e. The molecule has 3 rings (SSSR count). The zero-order chi connectivity index (χ0) is 13.9. The lowest BCUT2D eigenvalue weighted by atomic mass is 10.1. The van der Waals surface area contributed by atoms with Gasteiger partial charge in [0.25, 0.3) is 5.91 Å². The number of fused-ring (bicyclic) bond motifs is 1. The fraction of sp³-hybridized carbons (Fsp3) is 0.357. The van der Waals surface area contributed by atoms with Crippen LogP contribution in [0.1, 0.15) is 21.7 Å². The zero-order valence-electron chi connectivity index (χ0n) is 11.8. The maximum Gasteiger partial charge on any atom is 0.251 e. The number of halogens is 1. The number of hydrogen-bond donors (Lipinski definition) is 2. The molecule has 0 saturated heterocycles. The number of benzene rings is 1. The van der Waals surface area contributed by atoms with E-state index in [0.29, 0.717) is 18.5 Å². The fourth-order valence-corrected chi connectivity index (χ4v) is 2.33. The Morgan fingerprint density at radius 1 is 1.48 bits per heavy atom. The van der Waals surface area contributed by atoms with E-state index in [0.717, 1.165) is 24.5 Å². The van der Waals surface area contributed by atoms with Crippen molar-refractivity contribution in [1.82, 2.24) is 20.1 Å². The van der Waals surface area contributed by atoms with Crippen LogP contribution in [0.15, 0.2) is 24.5 Å². The molecule has 0 bridgehead atoms. The van der Waals surface area contributed by atoms with Crippen molar-refractivity contribution in [3.05, 3.63) is 41.5 Å². The summed E-state index contributed by atoms with van der Waals surface area (Å²) in [5.41, 5.74) is 3.06. The van der Waals surface area contributed by atoms with Gasteiger partial charge in [0.2, 0.25) is 0 Å². The SMILES string of the molecule is Cl.Cn1cnc(CCNC(=O)c2ccc3c(c2)CCN3)n1. The summed E-state index contributed by atoms with van der Waals surface area (Å²) in [5.74, 6) is 0.696. The van der Waals surface area contributed by atoms with Crippen LogP contribution in [-0.2, 0) is 19.9 Å². The lowest BCUT2D eigenvalue weighted by Crippen LogP contribution is -2.26. The number of aryl methyl sites for hydroxylation is 1. The molecule has 1 aliphatic rings. The highest BCUT2D eigenvalue weighted by Gasteiger charge is 2.13. The molecule has 0 saturated carbocycles. The quantitative estimate of drug-likeness (QED) is 0.889. The summed E-state index contributed by atoms with van der Waals surface area (Å²) in [4.78, 5) is 16.2. The van der Waals surface area contributed by atoms with Gasteiger partial charge in [-0.25, -0.2) is 4.98 Å². The molecule has 0 fully saturated rings. The minimum absolute atomic E-state index is 0. The molecule has 2 N–H and O–H groups in total. The van der Waals surface area contributed by atoms with E-state index in [1.165, 1.54) is 5.56 Å². The van der Waals surface area contributed by atoms with E-state index < -0.39 is 0 Å². The number of carbonyl (C=O) groups is 1. The Balaban J connectivity index is 0.00000161. The van der Waals surface area contributed by atoms with Crippen molar-refractivity contribution in [3.63, 3.8) is 0 Å². The molecule has 1 aromatic carbocycles. The van der Waals surface area contributed by atoms with Crippen LogP contribution < -0.4 is 10.6 Å². The van der Waals surface area contributed by atoms with Crippen LogP contribution in [0.2, 0.25) is 0 Å². The Labute approximate surface area is 129 Å². The maximum atomic E-state index is 12.1. The number of amides is 1. The number of aromatic nitrogens is 3. The molecule has 1 amide bonds. The first-order valence-electron chi connectivity index (χ1n) is 6.72. The first kappa shape index (κ1) is 15.3. The van der Waals surface area contributed by atoms with Crippen molar-refractivity contribution in [1.29, 1.82) is 0 Å². The largest absolute Gasteiger partial charge is 0.384 e. The molecule has 0 unspecified atom stereocenters. The molecule has 0 aliphatic carbocycles. The van der Waals surface area contributed by atoms with E-state index in [9.17, 15) is 4.79 Å². The maximum absolute atomic E-state index is 12.1. The highest BCUT2D eigenvalue weighted by Crippen LogP contribution is 2.22. The van der Waals surface area contributed by atoms with Gasteiger partial charge < -0.3 is 10.6 Å². The van der Waals surface area contributed by atoms with E-state index in [1.807, 2.05) is 25.2 Å². The van der Waals surface area contributed by atoms with Crippen LogP contribution >= 0.6 is 12.4 Å². The first-order valence-corrected chi connectivity index (χ1v) is 6.72. The summed E-state index contributed by atoms with van der Waals surface area (Å²) < 4.78 is 1.66. The molecule has 2 aromatic rings. The average Bonchev–Trinajstić information content (AvgIpc) is 3.06. The van der Waals surface area contributed by atoms with Crippen molar-refractivity contribution in [2.75, 3.05) is 18.4 Å².